The van der Waals surface area contributed by atoms with E-state index in [-0.39, 0.29) is 16.4 Å². The predicted molar refractivity (Wildman–Crippen MR) is 83.5 cm³/mol. The van der Waals surface area contributed by atoms with E-state index in [0.717, 1.165) is 22.5 Å². The monoisotopic (exact) mass is 340 g/mol. The molecule has 1 heterocycles. The number of aryl methyl sites for hydroxylation is 1. The number of nitrogens with one attached hydrogen (secondary N) is 1. The lowest BCUT2D eigenvalue weighted by Gasteiger charge is -2.06. The van der Waals surface area contributed by atoms with E-state index < -0.39 is 16.0 Å². The second-order valence-corrected chi connectivity index (χ2v) is 7.43. The molecule has 1 aromatic heterocycles. The third-order valence-corrected chi connectivity index (χ3v) is 5.78. The summed E-state index contributed by atoms with van der Waals surface area (Å²) in [4.78, 5) is 15.3. The van der Waals surface area contributed by atoms with Gasteiger partial charge in [-0.2, -0.15) is 0 Å². The minimum atomic E-state index is -3.78. The fourth-order valence-electron chi connectivity index (χ4n) is 1.92. The first-order valence-electron chi connectivity index (χ1n) is 6.51. The van der Waals surface area contributed by atoms with Gasteiger partial charge in [-0.15, -0.1) is 11.3 Å². The Hall–Kier alpha value is -1.77. The molecule has 0 atom stereocenters. The van der Waals surface area contributed by atoms with Gasteiger partial charge in [0.05, 0.1) is 12.6 Å². The molecule has 8 heteroatoms. The van der Waals surface area contributed by atoms with Gasteiger partial charge < -0.3 is 4.74 Å². The number of hydrogen-bond acceptors (Lipinski definition) is 6. The molecule has 1 aromatic carbocycles. The zero-order chi connectivity index (χ0) is 16.2. The number of rotatable bonds is 6. The molecule has 2 aromatic rings. The van der Waals surface area contributed by atoms with Crippen molar-refractivity contribution in [3.05, 3.63) is 46.6 Å². The molecular weight excluding hydrogens is 324 g/mol. The Labute approximate surface area is 133 Å². The molecule has 22 heavy (non-hydrogen) atoms. The van der Waals surface area contributed by atoms with Gasteiger partial charge in [0.15, 0.2) is 9.90 Å². The Bertz CT molecular complexity index is 769. The maximum Gasteiger partial charge on any atom is 0.358 e. The molecular formula is C14H16N2O4S2. The van der Waals surface area contributed by atoms with Crippen molar-refractivity contribution in [2.24, 2.45) is 0 Å². The highest BCUT2D eigenvalue weighted by molar-refractivity contribution is 7.91. The van der Waals surface area contributed by atoms with Crippen LogP contribution >= 0.6 is 11.3 Å². The van der Waals surface area contributed by atoms with Crippen LogP contribution in [0.4, 0.5) is 0 Å². The van der Waals surface area contributed by atoms with Crippen molar-refractivity contribution < 1.29 is 17.9 Å². The maximum absolute atomic E-state index is 12.2. The summed E-state index contributed by atoms with van der Waals surface area (Å²) in [7, 11) is -2.59. The molecule has 6 nitrogen and oxygen atoms in total. The van der Waals surface area contributed by atoms with Gasteiger partial charge in [0.2, 0.25) is 0 Å². The Balaban J connectivity index is 2.06. The summed E-state index contributed by atoms with van der Waals surface area (Å²) in [5.74, 6) is -0.764. The molecule has 0 spiro atoms. The number of carbonyl (C=O) groups is 1. The van der Waals surface area contributed by atoms with E-state index in [2.05, 4.69) is 14.4 Å². The standard InChI is InChI=1S/C14H16N2O4S2/c1-10-4-3-5-11(8-10)6-7-16-22(18,19)14-12(13(17)20-2)15-9-21-14/h3-5,8-9,16H,6-7H2,1-2H3. The molecule has 0 aliphatic rings. The predicted octanol–water partition coefficient (Wildman–Crippen LogP) is 1.76. The summed E-state index contributed by atoms with van der Waals surface area (Å²) >= 11 is 0.886. The van der Waals surface area contributed by atoms with Crippen LogP contribution in [0.1, 0.15) is 21.6 Å². The first-order valence-corrected chi connectivity index (χ1v) is 8.87. The molecule has 0 unspecified atom stereocenters. The van der Waals surface area contributed by atoms with Crippen LogP contribution in [0.3, 0.4) is 0 Å². The number of thiazole rings is 1. The van der Waals surface area contributed by atoms with E-state index in [1.54, 1.807) is 0 Å². The van der Waals surface area contributed by atoms with Crippen molar-refractivity contribution in [1.29, 1.82) is 0 Å². The lowest BCUT2D eigenvalue weighted by atomic mass is 10.1. The highest BCUT2D eigenvalue weighted by Gasteiger charge is 2.26. The summed E-state index contributed by atoms with van der Waals surface area (Å²) in [6, 6.07) is 7.85. The number of hydrogen-bond donors (Lipinski definition) is 1. The quantitative estimate of drug-likeness (QED) is 0.810. The molecule has 0 bridgehead atoms. The van der Waals surface area contributed by atoms with Crippen molar-refractivity contribution in [2.75, 3.05) is 13.7 Å². The SMILES string of the molecule is COC(=O)c1ncsc1S(=O)(=O)NCCc1cccc(C)c1. The van der Waals surface area contributed by atoms with Crippen molar-refractivity contribution in [3.8, 4) is 0 Å². The number of aromatic nitrogens is 1. The molecule has 0 amide bonds. The minimum Gasteiger partial charge on any atom is -0.464 e. The smallest absolute Gasteiger partial charge is 0.358 e. The van der Waals surface area contributed by atoms with Crippen LogP contribution in [0.2, 0.25) is 0 Å². The molecule has 1 N–H and O–H groups in total. The van der Waals surface area contributed by atoms with Gasteiger partial charge in [-0.05, 0) is 18.9 Å². The fraction of sp³-hybridized carbons (Fsp3) is 0.286. The highest BCUT2D eigenvalue weighted by Crippen LogP contribution is 2.20. The van der Waals surface area contributed by atoms with E-state index in [0.29, 0.717) is 6.42 Å². The highest BCUT2D eigenvalue weighted by atomic mass is 32.2. The van der Waals surface area contributed by atoms with Crippen LogP contribution < -0.4 is 4.72 Å². The summed E-state index contributed by atoms with van der Waals surface area (Å²) in [5, 5.41) is 0. The lowest BCUT2D eigenvalue weighted by Crippen LogP contribution is -2.27. The van der Waals surface area contributed by atoms with Crippen molar-refractivity contribution in [3.63, 3.8) is 0 Å². The molecule has 0 radical (unpaired) electrons. The third-order valence-electron chi connectivity index (χ3n) is 2.95. The number of carbonyl (C=O) groups excluding carboxylic acids is 1. The van der Waals surface area contributed by atoms with E-state index in [1.807, 2.05) is 31.2 Å². The molecule has 118 valence electrons. The average molecular weight is 340 g/mol. The van der Waals surface area contributed by atoms with Gasteiger partial charge in [-0.1, -0.05) is 29.8 Å². The first-order chi connectivity index (χ1) is 10.4. The van der Waals surface area contributed by atoms with Gasteiger partial charge in [-0.3, -0.25) is 0 Å². The second kappa shape index (κ2) is 6.99. The number of esters is 1. The molecule has 0 saturated heterocycles. The number of benzene rings is 1. The third kappa shape index (κ3) is 3.90. The number of nitrogens with zero attached hydrogens (tertiary/aromatic N) is 1. The molecule has 0 aliphatic carbocycles. The van der Waals surface area contributed by atoms with Gasteiger partial charge in [0.1, 0.15) is 0 Å². The van der Waals surface area contributed by atoms with Gasteiger partial charge in [-0.25, -0.2) is 22.9 Å². The summed E-state index contributed by atoms with van der Waals surface area (Å²) in [6.45, 7) is 2.22. The second-order valence-electron chi connectivity index (χ2n) is 4.62. The summed E-state index contributed by atoms with van der Waals surface area (Å²) in [6.07, 6.45) is 0.563. The van der Waals surface area contributed by atoms with Gasteiger partial charge in [0.25, 0.3) is 10.0 Å². The van der Waals surface area contributed by atoms with E-state index in [4.69, 9.17) is 0 Å². The van der Waals surface area contributed by atoms with Gasteiger partial charge in [0, 0.05) is 6.54 Å². The van der Waals surface area contributed by atoms with Crippen LogP contribution in [-0.4, -0.2) is 33.0 Å². The zero-order valence-electron chi connectivity index (χ0n) is 12.2. The van der Waals surface area contributed by atoms with Crippen LogP contribution in [0, 0.1) is 6.92 Å². The van der Waals surface area contributed by atoms with Gasteiger partial charge >= 0.3 is 5.97 Å². The molecule has 0 fully saturated rings. The average Bonchev–Trinajstić information content (AvgIpc) is 2.96. The van der Waals surface area contributed by atoms with E-state index >= 15 is 0 Å². The largest absolute Gasteiger partial charge is 0.464 e. The lowest BCUT2D eigenvalue weighted by molar-refractivity contribution is 0.0590. The fourth-order valence-corrected chi connectivity index (χ4v) is 4.13. The van der Waals surface area contributed by atoms with Crippen LogP contribution in [-0.2, 0) is 21.2 Å². The minimum absolute atomic E-state index is 0.122. The molecule has 2 rings (SSSR count). The Morgan fingerprint density at radius 3 is 2.86 bits per heavy atom. The van der Waals surface area contributed by atoms with Crippen molar-refractivity contribution in [1.82, 2.24) is 9.71 Å². The summed E-state index contributed by atoms with van der Waals surface area (Å²) < 4.78 is 31.4. The van der Waals surface area contributed by atoms with Crippen molar-refractivity contribution >= 4 is 27.3 Å². The maximum atomic E-state index is 12.2. The summed E-state index contributed by atoms with van der Waals surface area (Å²) in [5.41, 5.74) is 3.29. The Morgan fingerprint density at radius 1 is 1.41 bits per heavy atom. The topological polar surface area (TPSA) is 85.4 Å². The molecule has 0 aliphatic heterocycles. The van der Waals surface area contributed by atoms with Crippen LogP contribution in [0.25, 0.3) is 0 Å². The van der Waals surface area contributed by atoms with Crippen molar-refractivity contribution in [2.45, 2.75) is 17.6 Å². The van der Waals surface area contributed by atoms with E-state index in [1.165, 1.54) is 12.6 Å². The molecule has 0 saturated carbocycles. The number of methoxy groups -OCH3 is 1. The number of ether oxygens (including phenoxy) is 1. The number of sulfonamides is 1. The normalized spacial score (nSPS) is 11.4. The zero-order valence-corrected chi connectivity index (χ0v) is 13.8. The van der Waals surface area contributed by atoms with E-state index in [9.17, 15) is 13.2 Å². The van der Waals surface area contributed by atoms with Crippen LogP contribution in [0.5, 0.6) is 0 Å². The Morgan fingerprint density at radius 2 is 2.18 bits per heavy atom. The Kier molecular flexibility index (Phi) is 5.28. The van der Waals surface area contributed by atoms with Crippen LogP contribution in [0.15, 0.2) is 34.0 Å². The first kappa shape index (κ1) is 16.6.